The van der Waals surface area contributed by atoms with Crippen LogP contribution in [0.15, 0.2) is 36.4 Å². The highest BCUT2D eigenvalue weighted by molar-refractivity contribution is 6.06. The first kappa shape index (κ1) is 12.9. The van der Waals surface area contributed by atoms with Crippen LogP contribution in [0.1, 0.15) is 15.9 Å². The largest absolute Gasteiger partial charge is 0.508 e. The maximum absolute atomic E-state index is 12.8. The Kier molecular flexibility index (Phi) is 3.37. The van der Waals surface area contributed by atoms with E-state index in [9.17, 15) is 19.4 Å². The molecule has 0 aliphatic rings. The molecule has 1 amide bonds. The summed E-state index contributed by atoms with van der Waals surface area (Å²) in [5, 5.41) is 21.4. The van der Waals surface area contributed by atoms with Crippen LogP contribution in [0.3, 0.4) is 0 Å². The molecule has 2 aromatic rings. The number of amides is 1. The number of carbonyl (C=O) groups excluding carboxylic acids is 1. The van der Waals surface area contributed by atoms with E-state index >= 15 is 0 Å². The maximum atomic E-state index is 12.8. The third-order valence-electron chi connectivity index (χ3n) is 2.66. The minimum atomic E-state index is -0.616. The van der Waals surface area contributed by atoms with Crippen molar-refractivity contribution in [3.8, 4) is 11.5 Å². The van der Waals surface area contributed by atoms with Gasteiger partial charge in [-0.15, -0.1) is 0 Å². The first-order valence-corrected chi connectivity index (χ1v) is 5.57. The minimum Gasteiger partial charge on any atom is -0.508 e. The van der Waals surface area contributed by atoms with Gasteiger partial charge in [0.15, 0.2) is 0 Å². The number of carbonyl (C=O) groups is 1. The topological polar surface area (TPSA) is 69.6 Å². The van der Waals surface area contributed by atoms with Crippen molar-refractivity contribution < 1.29 is 19.4 Å². The Morgan fingerprint density at radius 3 is 2.53 bits per heavy atom. The lowest BCUT2D eigenvalue weighted by atomic mass is 10.1. The maximum Gasteiger partial charge on any atom is 0.259 e. The number of phenolic OH excluding ortho intramolecular Hbond substituents is 2. The minimum absolute atomic E-state index is 0.0196. The van der Waals surface area contributed by atoms with Gasteiger partial charge in [-0.2, -0.15) is 0 Å². The number of hydrogen-bond acceptors (Lipinski definition) is 3. The van der Waals surface area contributed by atoms with Crippen molar-refractivity contribution in [2.24, 2.45) is 0 Å². The van der Waals surface area contributed by atoms with Crippen LogP contribution < -0.4 is 5.32 Å². The second-order valence-corrected chi connectivity index (χ2v) is 4.11. The molecule has 2 aromatic carbocycles. The first-order chi connectivity index (χ1) is 8.97. The van der Waals surface area contributed by atoms with Crippen LogP contribution in [0.4, 0.5) is 10.1 Å². The molecule has 4 nitrogen and oxygen atoms in total. The highest BCUT2D eigenvalue weighted by atomic mass is 19.1. The SMILES string of the molecule is Cc1cc(O)ccc1NC(=O)c1ccc(F)cc1O. The molecule has 0 aliphatic carbocycles. The van der Waals surface area contributed by atoms with E-state index in [1.165, 1.54) is 18.2 Å². The fourth-order valence-corrected chi connectivity index (χ4v) is 1.67. The molecule has 0 heterocycles. The van der Waals surface area contributed by atoms with Gasteiger partial charge in [-0.3, -0.25) is 4.79 Å². The van der Waals surface area contributed by atoms with E-state index in [1.54, 1.807) is 13.0 Å². The van der Waals surface area contributed by atoms with E-state index in [0.29, 0.717) is 11.3 Å². The number of nitrogens with one attached hydrogen (secondary N) is 1. The van der Waals surface area contributed by atoms with Crippen molar-refractivity contribution in [2.75, 3.05) is 5.32 Å². The molecule has 0 radical (unpaired) electrons. The smallest absolute Gasteiger partial charge is 0.259 e. The third kappa shape index (κ3) is 2.82. The Balaban J connectivity index is 2.25. The zero-order chi connectivity index (χ0) is 14.0. The molecule has 0 spiro atoms. The Hall–Kier alpha value is -2.56. The Morgan fingerprint density at radius 2 is 1.89 bits per heavy atom. The standard InChI is InChI=1S/C14H12FNO3/c1-8-6-10(17)3-5-12(8)16-14(19)11-4-2-9(15)7-13(11)18/h2-7,17-18H,1H3,(H,16,19). The van der Waals surface area contributed by atoms with E-state index in [-0.39, 0.29) is 11.3 Å². The van der Waals surface area contributed by atoms with Gasteiger partial charge in [-0.25, -0.2) is 4.39 Å². The number of aromatic hydroxyl groups is 2. The van der Waals surface area contributed by atoms with Gasteiger partial charge in [0.25, 0.3) is 5.91 Å². The fraction of sp³-hybridized carbons (Fsp3) is 0.0714. The van der Waals surface area contributed by atoms with E-state index in [1.807, 2.05) is 0 Å². The summed E-state index contributed by atoms with van der Waals surface area (Å²) < 4.78 is 12.8. The van der Waals surface area contributed by atoms with E-state index in [2.05, 4.69) is 5.32 Å². The Labute approximate surface area is 109 Å². The summed E-state index contributed by atoms with van der Waals surface area (Å²) in [6.45, 7) is 1.72. The molecule has 0 bridgehead atoms. The van der Waals surface area contributed by atoms with Crippen molar-refractivity contribution in [1.29, 1.82) is 0 Å². The van der Waals surface area contributed by atoms with Crippen LogP contribution >= 0.6 is 0 Å². The fourth-order valence-electron chi connectivity index (χ4n) is 1.67. The lowest BCUT2D eigenvalue weighted by Gasteiger charge is -2.09. The predicted molar refractivity (Wildman–Crippen MR) is 68.9 cm³/mol. The van der Waals surface area contributed by atoms with Gasteiger partial charge >= 0.3 is 0 Å². The van der Waals surface area contributed by atoms with Gasteiger partial charge in [0.05, 0.1) is 5.56 Å². The highest BCUT2D eigenvalue weighted by Crippen LogP contribution is 2.23. The highest BCUT2D eigenvalue weighted by Gasteiger charge is 2.13. The van der Waals surface area contributed by atoms with Crippen molar-refractivity contribution in [3.63, 3.8) is 0 Å². The predicted octanol–water partition coefficient (Wildman–Crippen LogP) is 2.80. The lowest BCUT2D eigenvalue weighted by molar-refractivity contribution is 0.102. The normalized spacial score (nSPS) is 10.2. The third-order valence-corrected chi connectivity index (χ3v) is 2.66. The summed E-state index contributed by atoms with van der Waals surface area (Å²) in [6, 6.07) is 7.66. The molecular weight excluding hydrogens is 249 g/mol. The van der Waals surface area contributed by atoms with Gasteiger partial charge in [0.1, 0.15) is 17.3 Å². The Bertz CT molecular complexity index is 641. The van der Waals surface area contributed by atoms with Gasteiger partial charge in [0, 0.05) is 11.8 Å². The van der Waals surface area contributed by atoms with E-state index in [4.69, 9.17) is 0 Å². The summed E-state index contributed by atoms with van der Waals surface area (Å²) in [4.78, 5) is 11.9. The van der Waals surface area contributed by atoms with Crippen LogP contribution in [-0.4, -0.2) is 16.1 Å². The van der Waals surface area contributed by atoms with Crippen LogP contribution in [0.25, 0.3) is 0 Å². The summed E-state index contributed by atoms with van der Waals surface area (Å²) in [6.07, 6.45) is 0. The number of aryl methyl sites for hydroxylation is 1. The monoisotopic (exact) mass is 261 g/mol. The average molecular weight is 261 g/mol. The van der Waals surface area contributed by atoms with Gasteiger partial charge in [-0.1, -0.05) is 0 Å². The molecule has 0 fully saturated rings. The van der Waals surface area contributed by atoms with Gasteiger partial charge in [-0.05, 0) is 42.8 Å². The van der Waals surface area contributed by atoms with Crippen molar-refractivity contribution in [2.45, 2.75) is 6.92 Å². The van der Waals surface area contributed by atoms with E-state index < -0.39 is 17.5 Å². The second kappa shape index (κ2) is 4.97. The molecule has 0 aliphatic heterocycles. The molecular formula is C14H12FNO3. The molecule has 5 heteroatoms. The molecule has 19 heavy (non-hydrogen) atoms. The van der Waals surface area contributed by atoms with Crippen molar-refractivity contribution in [1.82, 2.24) is 0 Å². The number of benzene rings is 2. The number of hydrogen-bond donors (Lipinski definition) is 3. The summed E-state index contributed by atoms with van der Waals surface area (Å²) in [5.74, 6) is -1.49. The number of phenols is 2. The zero-order valence-corrected chi connectivity index (χ0v) is 10.1. The molecule has 0 unspecified atom stereocenters. The molecule has 3 N–H and O–H groups in total. The van der Waals surface area contributed by atoms with E-state index in [0.717, 1.165) is 12.1 Å². The zero-order valence-electron chi connectivity index (χ0n) is 10.1. The molecule has 2 rings (SSSR count). The Morgan fingerprint density at radius 1 is 1.16 bits per heavy atom. The quantitative estimate of drug-likeness (QED) is 0.728. The molecule has 0 atom stereocenters. The van der Waals surface area contributed by atoms with Crippen LogP contribution in [0, 0.1) is 12.7 Å². The van der Waals surface area contributed by atoms with Crippen LogP contribution in [-0.2, 0) is 0 Å². The summed E-state index contributed by atoms with van der Waals surface area (Å²) in [7, 11) is 0. The number of rotatable bonds is 2. The van der Waals surface area contributed by atoms with Crippen molar-refractivity contribution in [3.05, 3.63) is 53.3 Å². The van der Waals surface area contributed by atoms with Gasteiger partial charge < -0.3 is 15.5 Å². The molecule has 0 saturated carbocycles. The summed E-state index contributed by atoms with van der Waals surface area (Å²) >= 11 is 0. The van der Waals surface area contributed by atoms with Crippen molar-refractivity contribution >= 4 is 11.6 Å². The second-order valence-electron chi connectivity index (χ2n) is 4.11. The molecule has 98 valence electrons. The number of halogens is 1. The summed E-state index contributed by atoms with van der Waals surface area (Å²) in [5.41, 5.74) is 1.16. The van der Waals surface area contributed by atoms with Crippen LogP contribution in [0.5, 0.6) is 11.5 Å². The average Bonchev–Trinajstić information content (AvgIpc) is 2.32. The number of anilines is 1. The molecule has 0 aromatic heterocycles. The lowest BCUT2D eigenvalue weighted by Crippen LogP contribution is -2.13. The first-order valence-electron chi connectivity index (χ1n) is 5.57. The molecule has 0 saturated heterocycles. The van der Waals surface area contributed by atoms with Crippen LogP contribution in [0.2, 0.25) is 0 Å². The van der Waals surface area contributed by atoms with Gasteiger partial charge in [0.2, 0.25) is 0 Å².